The zero-order valence-electron chi connectivity index (χ0n) is 16.6. The molecular weight excluding hydrogens is 455 g/mol. The van der Waals surface area contributed by atoms with Gasteiger partial charge in [-0.25, -0.2) is 4.98 Å². The molecule has 30 heavy (non-hydrogen) atoms. The van der Waals surface area contributed by atoms with Gasteiger partial charge in [0, 0.05) is 20.7 Å². The monoisotopic (exact) mass is 474 g/mol. The van der Waals surface area contributed by atoms with Crippen molar-refractivity contribution in [2.75, 3.05) is 0 Å². The van der Waals surface area contributed by atoms with E-state index < -0.39 is 0 Å². The van der Waals surface area contributed by atoms with Crippen LogP contribution in [0.4, 0.5) is 0 Å². The molecule has 0 saturated heterocycles. The van der Waals surface area contributed by atoms with E-state index >= 15 is 0 Å². The third-order valence-corrected chi connectivity index (χ3v) is 7.72. The van der Waals surface area contributed by atoms with Gasteiger partial charge in [0.1, 0.15) is 4.83 Å². The molecule has 0 saturated carbocycles. The smallest absolute Gasteiger partial charge is 0.267 e. The van der Waals surface area contributed by atoms with Crippen LogP contribution in [0.3, 0.4) is 0 Å². The van der Waals surface area contributed by atoms with Crippen molar-refractivity contribution >= 4 is 56.5 Å². The average Bonchev–Trinajstić information content (AvgIpc) is 3.04. The molecule has 4 rings (SSSR count). The van der Waals surface area contributed by atoms with Crippen LogP contribution in [0.1, 0.15) is 29.3 Å². The molecule has 3 nitrogen and oxygen atoms in total. The topological polar surface area (TPSA) is 34.9 Å². The predicted molar refractivity (Wildman–Crippen MR) is 130 cm³/mol. The van der Waals surface area contributed by atoms with Crippen LogP contribution in [-0.2, 0) is 12.2 Å². The van der Waals surface area contributed by atoms with Crippen molar-refractivity contribution in [2.45, 2.75) is 37.6 Å². The van der Waals surface area contributed by atoms with Crippen molar-refractivity contribution in [3.63, 3.8) is 0 Å². The lowest BCUT2D eigenvalue weighted by molar-refractivity contribution is 0.821. The van der Waals surface area contributed by atoms with Crippen LogP contribution < -0.4 is 5.56 Å². The normalized spacial score (nSPS) is 11.3. The molecule has 0 aliphatic heterocycles. The first-order valence-electron chi connectivity index (χ1n) is 9.66. The maximum absolute atomic E-state index is 13.6. The molecule has 0 aliphatic carbocycles. The number of halogens is 2. The predicted octanol–water partition coefficient (Wildman–Crippen LogP) is 7.31. The summed E-state index contributed by atoms with van der Waals surface area (Å²) >= 11 is 15.5. The summed E-state index contributed by atoms with van der Waals surface area (Å²) in [5.74, 6) is 0.590. The lowest BCUT2D eigenvalue weighted by Gasteiger charge is -2.13. The zero-order valence-corrected chi connectivity index (χ0v) is 19.8. The van der Waals surface area contributed by atoms with E-state index in [0.29, 0.717) is 21.0 Å². The highest BCUT2D eigenvalue weighted by atomic mass is 35.5. The number of hydrogen-bond donors (Lipinski definition) is 0. The number of benzene rings is 2. The Hall–Kier alpha value is -1.79. The molecule has 4 aromatic rings. The van der Waals surface area contributed by atoms with Crippen LogP contribution in [0.5, 0.6) is 0 Å². The number of aryl methyl sites for hydroxylation is 2. The van der Waals surface area contributed by atoms with Gasteiger partial charge in [0.2, 0.25) is 0 Å². The fraction of sp³-hybridized carbons (Fsp3) is 0.217. The summed E-state index contributed by atoms with van der Waals surface area (Å²) in [6.45, 7) is 4.18. The molecular formula is C23H20Cl2N2OS2. The van der Waals surface area contributed by atoms with Crippen LogP contribution in [0.2, 0.25) is 10.0 Å². The molecule has 0 spiro atoms. The third-order valence-electron chi connectivity index (χ3n) is 4.90. The van der Waals surface area contributed by atoms with E-state index in [9.17, 15) is 4.79 Å². The van der Waals surface area contributed by atoms with Crippen molar-refractivity contribution in [3.05, 3.63) is 84.9 Å². The number of rotatable bonds is 6. The second kappa shape index (κ2) is 9.15. The number of thiophene rings is 1. The van der Waals surface area contributed by atoms with Crippen LogP contribution in [0, 0.1) is 6.92 Å². The number of thioether (sulfide) groups is 1. The Kier molecular flexibility index (Phi) is 6.54. The minimum absolute atomic E-state index is 0.0213. The van der Waals surface area contributed by atoms with Gasteiger partial charge >= 0.3 is 0 Å². The van der Waals surface area contributed by atoms with E-state index in [1.165, 1.54) is 16.6 Å². The van der Waals surface area contributed by atoms with Crippen molar-refractivity contribution in [3.8, 4) is 5.69 Å². The summed E-state index contributed by atoms with van der Waals surface area (Å²) in [5, 5.41) is 2.60. The van der Waals surface area contributed by atoms with Gasteiger partial charge in [0.25, 0.3) is 5.56 Å². The van der Waals surface area contributed by atoms with E-state index in [-0.39, 0.29) is 5.56 Å². The molecule has 0 fully saturated rings. The van der Waals surface area contributed by atoms with Crippen molar-refractivity contribution in [1.82, 2.24) is 9.55 Å². The molecule has 0 aliphatic rings. The Labute approximate surface area is 193 Å². The number of hydrogen-bond acceptors (Lipinski definition) is 4. The zero-order chi connectivity index (χ0) is 21.3. The molecule has 0 unspecified atom stereocenters. The summed E-state index contributed by atoms with van der Waals surface area (Å²) in [6.07, 6.45) is 2.00. The molecule has 0 bridgehead atoms. The maximum Gasteiger partial charge on any atom is 0.267 e. The minimum Gasteiger partial charge on any atom is -0.268 e. The van der Waals surface area contributed by atoms with Gasteiger partial charge in [-0.1, -0.05) is 72.6 Å². The quantitative estimate of drug-likeness (QED) is 0.217. The van der Waals surface area contributed by atoms with Gasteiger partial charge in [0.05, 0.1) is 11.1 Å². The first-order chi connectivity index (χ1) is 14.5. The number of fused-ring (bicyclic) bond motifs is 1. The third kappa shape index (κ3) is 4.17. The molecule has 2 aromatic heterocycles. The fourth-order valence-electron chi connectivity index (χ4n) is 3.36. The van der Waals surface area contributed by atoms with Gasteiger partial charge in [-0.2, -0.15) is 0 Å². The molecule has 2 aromatic carbocycles. The largest absolute Gasteiger partial charge is 0.268 e. The number of para-hydroxylation sites is 1. The maximum atomic E-state index is 13.6. The Morgan fingerprint density at radius 1 is 1.13 bits per heavy atom. The van der Waals surface area contributed by atoms with Crippen molar-refractivity contribution in [2.24, 2.45) is 0 Å². The summed E-state index contributed by atoms with van der Waals surface area (Å²) in [4.78, 5) is 20.5. The van der Waals surface area contributed by atoms with Crippen LogP contribution in [0.25, 0.3) is 15.9 Å². The van der Waals surface area contributed by atoms with Gasteiger partial charge in [-0.15, -0.1) is 11.3 Å². The molecule has 0 N–H and O–H groups in total. The second-order valence-corrected chi connectivity index (χ2v) is 9.85. The Morgan fingerprint density at radius 3 is 2.60 bits per heavy atom. The first kappa shape index (κ1) is 21.4. The standard InChI is InChI=1S/C23H20Cl2N2OS2/c1-3-7-19-14(2)20-21(30-19)26-23(27(22(20)28)17-8-5-4-6-9-17)29-13-15-10-11-16(24)12-18(15)25/h4-6,8-12H,3,7,13H2,1-2H3. The van der Waals surface area contributed by atoms with Crippen LogP contribution in [-0.4, -0.2) is 9.55 Å². The molecule has 0 atom stereocenters. The molecule has 2 heterocycles. The summed E-state index contributed by atoms with van der Waals surface area (Å²) in [6, 6.07) is 15.1. The Morgan fingerprint density at radius 2 is 1.90 bits per heavy atom. The molecule has 0 amide bonds. The highest BCUT2D eigenvalue weighted by molar-refractivity contribution is 7.98. The van der Waals surface area contributed by atoms with Gasteiger partial charge < -0.3 is 0 Å². The van der Waals surface area contributed by atoms with Gasteiger partial charge in [-0.3, -0.25) is 9.36 Å². The average molecular weight is 475 g/mol. The molecule has 7 heteroatoms. The van der Waals surface area contributed by atoms with E-state index in [4.69, 9.17) is 28.2 Å². The van der Waals surface area contributed by atoms with Crippen LogP contribution in [0.15, 0.2) is 58.5 Å². The fourth-order valence-corrected chi connectivity index (χ4v) is 6.25. The van der Waals surface area contributed by atoms with E-state index in [1.54, 1.807) is 22.0 Å². The lowest BCUT2D eigenvalue weighted by atomic mass is 10.1. The van der Waals surface area contributed by atoms with Gasteiger partial charge in [-0.05, 0) is 48.7 Å². The number of aromatic nitrogens is 2. The first-order valence-corrected chi connectivity index (χ1v) is 12.2. The Balaban J connectivity index is 1.85. The summed E-state index contributed by atoms with van der Waals surface area (Å²) in [5.41, 5.74) is 2.79. The van der Waals surface area contributed by atoms with Crippen molar-refractivity contribution in [1.29, 1.82) is 0 Å². The second-order valence-electron chi connectivity index (χ2n) is 6.98. The molecule has 0 radical (unpaired) electrons. The van der Waals surface area contributed by atoms with Crippen LogP contribution >= 0.6 is 46.3 Å². The lowest BCUT2D eigenvalue weighted by Crippen LogP contribution is -2.21. The summed E-state index contributed by atoms with van der Waals surface area (Å²) < 4.78 is 1.71. The van der Waals surface area contributed by atoms with Crippen molar-refractivity contribution < 1.29 is 0 Å². The SMILES string of the molecule is CCCc1sc2nc(SCc3ccc(Cl)cc3Cl)n(-c3ccccc3)c(=O)c2c1C. The summed E-state index contributed by atoms with van der Waals surface area (Å²) in [7, 11) is 0. The number of nitrogens with zero attached hydrogens (tertiary/aromatic N) is 2. The van der Waals surface area contributed by atoms with E-state index in [0.717, 1.165) is 39.9 Å². The van der Waals surface area contributed by atoms with E-state index in [2.05, 4.69) is 6.92 Å². The highest BCUT2D eigenvalue weighted by Gasteiger charge is 2.19. The highest BCUT2D eigenvalue weighted by Crippen LogP contribution is 2.33. The Bertz CT molecular complexity index is 1270. The van der Waals surface area contributed by atoms with E-state index in [1.807, 2.05) is 49.4 Å². The minimum atomic E-state index is -0.0213. The molecule has 154 valence electrons. The van der Waals surface area contributed by atoms with Gasteiger partial charge in [0.15, 0.2) is 5.16 Å².